The van der Waals surface area contributed by atoms with Gasteiger partial charge in [0.1, 0.15) is 0 Å². The molecule has 1 atom stereocenters. The van der Waals surface area contributed by atoms with Crippen molar-refractivity contribution in [1.82, 2.24) is 10.2 Å². The fourth-order valence-electron chi connectivity index (χ4n) is 2.39. The molecular formula is C11H16N2O3. The minimum absolute atomic E-state index is 0.000966. The number of ether oxygens (including phenoxy) is 1. The molecule has 3 aliphatic rings. The van der Waals surface area contributed by atoms with Crippen molar-refractivity contribution in [1.29, 1.82) is 0 Å². The summed E-state index contributed by atoms with van der Waals surface area (Å²) in [4.78, 5) is 25.4. The van der Waals surface area contributed by atoms with Crippen molar-refractivity contribution in [2.45, 2.75) is 31.3 Å². The summed E-state index contributed by atoms with van der Waals surface area (Å²) in [5.41, 5.74) is 0. The zero-order chi connectivity index (χ0) is 11.1. The Morgan fingerprint density at radius 2 is 2.06 bits per heavy atom. The largest absolute Gasteiger partial charge is 0.377 e. The van der Waals surface area contributed by atoms with E-state index in [0.29, 0.717) is 32.2 Å². The van der Waals surface area contributed by atoms with Crippen LogP contribution in [0.3, 0.4) is 0 Å². The molecule has 1 unspecified atom stereocenters. The molecule has 88 valence electrons. The Balaban J connectivity index is 1.68. The van der Waals surface area contributed by atoms with E-state index in [2.05, 4.69) is 5.32 Å². The van der Waals surface area contributed by atoms with Gasteiger partial charge >= 0.3 is 0 Å². The number of nitrogens with zero attached hydrogens (tertiary/aromatic N) is 1. The zero-order valence-electron chi connectivity index (χ0n) is 9.15. The molecule has 5 nitrogen and oxygen atoms in total. The second-order valence-corrected chi connectivity index (χ2v) is 4.87. The summed E-state index contributed by atoms with van der Waals surface area (Å²) in [6.45, 7) is 1.83. The molecule has 16 heavy (non-hydrogen) atoms. The fourth-order valence-corrected chi connectivity index (χ4v) is 2.39. The Morgan fingerprint density at radius 3 is 2.50 bits per heavy atom. The van der Waals surface area contributed by atoms with Gasteiger partial charge in [-0.1, -0.05) is 0 Å². The highest BCUT2D eigenvalue weighted by Crippen LogP contribution is 2.32. The van der Waals surface area contributed by atoms with Gasteiger partial charge in [0, 0.05) is 19.0 Å². The Morgan fingerprint density at radius 1 is 1.31 bits per heavy atom. The number of hydrogen-bond donors (Lipinski definition) is 1. The van der Waals surface area contributed by atoms with Crippen LogP contribution in [0.2, 0.25) is 0 Å². The number of amides is 2. The molecule has 1 N–H and O–H groups in total. The van der Waals surface area contributed by atoms with Crippen molar-refractivity contribution in [3.8, 4) is 0 Å². The summed E-state index contributed by atoms with van der Waals surface area (Å²) >= 11 is 0. The molecule has 1 saturated carbocycles. The molecule has 0 radical (unpaired) electrons. The lowest BCUT2D eigenvalue weighted by atomic mass is 10.0. The minimum Gasteiger partial charge on any atom is -0.377 e. The van der Waals surface area contributed by atoms with Crippen molar-refractivity contribution in [3.63, 3.8) is 0 Å². The Labute approximate surface area is 94.1 Å². The van der Waals surface area contributed by atoms with E-state index < -0.39 is 0 Å². The van der Waals surface area contributed by atoms with Crippen LogP contribution < -0.4 is 5.32 Å². The molecule has 0 bridgehead atoms. The number of carbonyl (C=O) groups excluding carboxylic acids is 2. The lowest BCUT2D eigenvalue weighted by Gasteiger charge is -2.38. The van der Waals surface area contributed by atoms with E-state index in [1.165, 1.54) is 0 Å². The predicted molar refractivity (Wildman–Crippen MR) is 55.6 cm³/mol. The number of hydrogen-bond acceptors (Lipinski definition) is 3. The second-order valence-electron chi connectivity index (χ2n) is 4.87. The van der Waals surface area contributed by atoms with Gasteiger partial charge in [0.05, 0.1) is 25.2 Å². The summed E-state index contributed by atoms with van der Waals surface area (Å²) in [5, 5.41) is 2.72. The molecule has 0 aromatic rings. The molecule has 2 heterocycles. The van der Waals surface area contributed by atoms with Crippen LogP contribution >= 0.6 is 0 Å². The van der Waals surface area contributed by atoms with Crippen LogP contribution in [0.1, 0.15) is 19.3 Å². The highest BCUT2D eigenvalue weighted by molar-refractivity contribution is 5.89. The van der Waals surface area contributed by atoms with E-state index in [0.717, 1.165) is 12.8 Å². The summed E-state index contributed by atoms with van der Waals surface area (Å²) in [7, 11) is 0. The zero-order valence-corrected chi connectivity index (χ0v) is 9.15. The topological polar surface area (TPSA) is 58.6 Å². The van der Waals surface area contributed by atoms with E-state index in [-0.39, 0.29) is 23.8 Å². The van der Waals surface area contributed by atoms with E-state index in [1.54, 1.807) is 0 Å². The van der Waals surface area contributed by atoms with Crippen LogP contribution in [-0.2, 0) is 14.3 Å². The third-order valence-corrected chi connectivity index (χ3v) is 3.54. The Hall–Kier alpha value is -1.10. The van der Waals surface area contributed by atoms with Gasteiger partial charge in [0.25, 0.3) is 0 Å². The van der Waals surface area contributed by atoms with Crippen molar-refractivity contribution in [3.05, 3.63) is 0 Å². The number of rotatable bonds is 3. The van der Waals surface area contributed by atoms with Crippen LogP contribution in [0.4, 0.5) is 0 Å². The molecule has 2 saturated heterocycles. The summed E-state index contributed by atoms with van der Waals surface area (Å²) in [6.07, 6.45) is 2.57. The van der Waals surface area contributed by atoms with Crippen molar-refractivity contribution < 1.29 is 14.3 Å². The molecule has 3 fully saturated rings. The van der Waals surface area contributed by atoms with E-state index in [9.17, 15) is 9.59 Å². The van der Waals surface area contributed by atoms with Crippen LogP contribution in [0.25, 0.3) is 0 Å². The van der Waals surface area contributed by atoms with Gasteiger partial charge in [0.2, 0.25) is 11.8 Å². The van der Waals surface area contributed by atoms with Gasteiger partial charge in [-0.3, -0.25) is 9.59 Å². The molecule has 2 amide bonds. The highest BCUT2D eigenvalue weighted by Gasteiger charge is 2.43. The average Bonchev–Trinajstić information content (AvgIpc) is 2.93. The van der Waals surface area contributed by atoms with Crippen LogP contribution in [-0.4, -0.2) is 48.6 Å². The molecule has 3 rings (SSSR count). The molecule has 0 spiro atoms. The number of carbonyl (C=O) groups is 2. The third kappa shape index (κ3) is 1.69. The average molecular weight is 224 g/mol. The Bertz CT molecular complexity index is 323. The summed E-state index contributed by atoms with van der Waals surface area (Å²) in [5.74, 6) is 0.00167. The highest BCUT2D eigenvalue weighted by atomic mass is 16.5. The molecule has 5 heteroatoms. The van der Waals surface area contributed by atoms with Gasteiger partial charge in [-0.2, -0.15) is 0 Å². The van der Waals surface area contributed by atoms with Crippen LogP contribution in [0.5, 0.6) is 0 Å². The third-order valence-electron chi connectivity index (χ3n) is 3.54. The maximum Gasteiger partial charge on any atom is 0.228 e. The lowest BCUT2D eigenvalue weighted by molar-refractivity contribution is -0.149. The normalized spacial score (nSPS) is 29.8. The van der Waals surface area contributed by atoms with Crippen LogP contribution in [0, 0.1) is 5.92 Å². The molecular weight excluding hydrogens is 208 g/mol. The van der Waals surface area contributed by atoms with Gasteiger partial charge < -0.3 is 15.0 Å². The van der Waals surface area contributed by atoms with E-state index in [4.69, 9.17) is 4.74 Å². The Kier molecular flexibility index (Phi) is 2.35. The molecule has 0 aromatic carbocycles. The second kappa shape index (κ2) is 3.73. The molecule has 0 aromatic heterocycles. The predicted octanol–water partition coefficient (Wildman–Crippen LogP) is -0.488. The SMILES string of the molecule is O=C1CC(C(=O)N(C2CC2)C2COC2)CN1. The van der Waals surface area contributed by atoms with E-state index in [1.807, 2.05) is 4.90 Å². The summed E-state index contributed by atoms with van der Waals surface area (Å²) < 4.78 is 5.15. The van der Waals surface area contributed by atoms with Gasteiger partial charge in [-0.25, -0.2) is 0 Å². The molecule has 1 aliphatic carbocycles. The van der Waals surface area contributed by atoms with Gasteiger partial charge in [-0.05, 0) is 12.8 Å². The quantitative estimate of drug-likeness (QED) is 0.704. The lowest BCUT2D eigenvalue weighted by Crippen LogP contribution is -2.54. The first-order chi connectivity index (χ1) is 7.75. The first-order valence-corrected chi connectivity index (χ1v) is 5.92. The van der Waals surface area contributed by atoms with Crippen molar-refractivity contribution in [2.24, 2.45) is 5.92 Å². The first-order valence-electron chi connectivity index (χ1n) is 5.92. The number of nitrogens with one attached hydrogen (secondary N) is 1. The van der Waals surface area contributed by atoms with E-state index >= 15 is 0 Å². The van der Waals surface area contributed by atoms with Crippen molar-refractivity contribution >= 4 is 11.8 Å². The smallest absolute Gasteiger partial charge is 0.228 e. The van der Waals surface area contributed by atoms with Crippen molar-refractivity contribution in [2.75, 3.05) is 19.8 Å². The fraction of sp³-hybridized carbons (Fsp3) is 0.818. The monoisotopic (exact) mass is 224 g/mol. The molecule has 2 aliphatic heterocycles. The summed E-state index contributed by atoms with van der Waals surface area (Å²) in [6, 6.07) is 0.674. The minimum atomic E-state index is -0.145. The maximum absolute atomic E-state index is 12.3. The first kappa shape index (κ1) is 10.1. The maximum atomic E-state index is 12.3. The van der Waals surface area contributed by atoms with Gasteiger partial charge in [-0.15, -0.1) is 0 Å². The van der Waals surface area contributed by atoms with Gasteiger partial charge in [0.15, 0.2) is 0 Å². The van der Waals surface area contributed by atoms with Crippen LogP contribution in [0.15, 0.2) is 0 Å². The standard InChI is InChI=1S/C11H16N2O3/c14-10-3-7(4-12-10)11(15)13(8-1-2-8)9-5-16-6-9/h7-9H,1-6H2,(H,12,14).